The zero-order chi connectivity index (χ0) is 23.4. The number of rotatable bonds is 7. The molecule has 8 heteroatoms. The normalized spacial score (nSPS) is 18.9. The van der Waals surface area contributed by atoms with Crippen LogP contribution in [0.5, 0.6) is 0 Å². The molecule has 3 rings (SSSR count). The SMILES string of the molecule is CCc1c(C#N)c(SC(C(N)=O)c2ccccc2)nc(N2CC(N(C)C)CC2C)c1C#N. The minimum absolute atomic E-state index is 0.193. The fourth-order valence-electron chi connectivity index (χ4n) is 4.18. The molecule has 0 spiro atoms. The van der Waals surface area contributed by atoms with Gasteiger partial charge in [0.1, 0.15) is 28.2 Å². The Morgan fingerprint density at radius 3 is 2.44 bits per heavy atom. The van der Waals surface area contributed by atoms with Crippen LogP contribution in [-0.2, 0) is 11.2 Å². The Labute approximate surface area is 193 Å². The number of aromatic nitrogens is 1. The molecule has 3 unspecified atom stereocenters. The van der Waals surface area contributed by atoms with Gasteiger partial charge in [0.25, 0.3) is 0 Å². The van der Waals surface area contributed by atoms with Gasteiger partial charge in [-0.15, -0.1) is 0 Å². The number of carbonyl (C=O) groups excluding carboxylic acids is 1. The molecule has 2 aromatic rings. The van der Waals surface area contributed by atoms with Crippen molar-refractivity contribution < 1.29 is 4.79 Å². The van der Waals surface area contributed by atoms with E-state index in [2.05, 4.69) is 28.9 Å². The number of amides is 1. The van der Waals surface area contributed by atoms with Crippen molar-refractivity contribution in [2.45, 2.75) is 49.0 Å². The van der Waals surface area contributed by atoms with E-state index in [1.54, 1.807) is 0 Å². The van der Waals surface area contributed by atoms with E-state index in [0.29, 0.717) is 40.0 Å². The molecule has 1 aliphatic heterocycles. The summed E-state index contributed by atoms with van der Waals surface area (Å²) >= 11 is 1.18. The first-order valence-corrected chi connectivity index (χ1v) is 11.5. The highest BCUT2D eigenvalue weighted by molar-refractivity contribution is 8.00. The average molecular weight is 449 g/mol. The topological polar surface area (TPSA) is 110 Å². The predicted octanol–water partition coefficient (Wildman–Crippen LogP) is 3.23. The Morgan fingerprint density at radius 1 is 1.28 bits per heavy atom. The van der Waals surface area contributed by atoms with Gasteiger partial charge in [-0.3, -0.25) is 4.79 Å². The van der Waals surface area contributed by atoms with Crippen LogP contribution < -0.4 is 10.6 Å². The van der Waals surface area contributed by atoms with Gasteiger partial charge in [0.2, 0.25) is 5.91 Å². The Kier molecular flexibility index (Phi) is 7.40. The summed E-state index contributed by atoms with van der Waals surface area (Å²) in [7, 11) is 4.10. The van der Waals surface area contributed by atoms with Crippen molar-refractivity contribution >= 4 is 23.5 Å². The van der Waals surface area contributed by atoms with Crippen LogP contribution >= 0.6 is 11.8 Å². The highest BCUT2D eigenvalue weighted by Gasteiger charge is 2.35. The number of nitrogens with zero attached hydrogens (tertiary/aromatic N) is 5. The molecule has 1 amide bonds. The van der Waals surface area contributed by atoms with Gasteiger partial charge < -0.3 is 15.5 Å². The molecule has 3 atom stereocenters. The highest BCUT2D eigenvalue weighted by atomic mass is 32.2. The quantitative estimate of drug-likeness (QED) is 0.648. The summed E-state index contributed by atoms with van der Waals surface area (Å²) in [5.74, 6) is 0.0806. The lowest BCUT2D eigenvalue weighted by Crippen LogP contribution is -2.33. The summed E-state index contributed by atoms with van der Waals surface area (Å²) in [4.78, 5) is 21.5. The van der Waals surface area contributed by atoms with Crippen LogP contribution in [-0.4, -0.2) is 48.5 Å². The molecular formula is C24H28N6OS. The second-order valence-electron chi connectivity index (χ2n) is 8.21. The standard InChI is InChI=1S/C24H28N6OS/c1-5-18-19(12-25)23(30-14-17(29(3)4)11-15(30)2)28-24(20(18)13-26)32-21(22(27)31)16-9-7-6-8-10-16/h6-10,15,17,21H,5,11,14H2,1-4H3,(H2,27,31). The Bertz CT molecular complexity index is 1070. The second kappa shape index (κ2) is 10.0. The first-order chi connectivity index (χ1) is 15.3. The van der Waals surface area contributed by atoms with Crippen LogP contribution in [0, 0.1) is 22.7 Å². The molecule has 0 aliphatic carbocycles. The predicted molar refractivity (Wildman–Crippen MR) is 126 cm³/mol. The van der Waals surface area contributed by atoms with Crippen molar-refractivity contribution in [1.82, 2.24) is 9.88 Å². The molecule has 32 heavy (non-hydrogen) atoms. The first kappa shape index (κ1) is 23.6. The Hall–Kier alpha value is -3.07. The van der Waals surface area contributed by atoms with E-state index in [0.717, 1.165) is 18.5 Å². The molecule has 1 aromatic heterocycles. The number of hydrogen-bond acceptors (Lipinski definition) is 7. The number of primary amides is 1. The molecule has 1 fully saturated rings. The van der Waals surface area contributed by atoms with Crippen molar-refractivity contribution in [3.63, 3.8) is 0 Å². The van der Waals surface area contributed by atoms with Crippen molar-refractivity contribution in [2.75, 3.05) is 25.5 Å². The van der Waals surface area contributed by atoms with Gasteiger partial charge in [-0.05, 0) is 45.0 Å². The van der Waals surface area contributed by atoms with Gasteiger partial charge in [-0.25, -0.2) is 4.98 Å². The number of nitrogens with two attached hydrogens (primary N) is 1. The average Bonchev–Trinajstić information content (AvgIpc) is 3.18. The van der Waals surface area contributed by atoms with Crippen LogP contribution in [0.3, 0.4) is 0 Å². The maximum atomic E-state index is 12.3. The molecule has 1 aromatic carbocycles. The number of benzene rings is 1. The minimum Gasteiger partial charge on any atom is -0.368 e. The lowest BCUT2D eigenvalue weighted by Gasteiger charge is -2.27. The van der Waals surface area contributed by atoms with E-state index in [4.69, 9.17) is 10.7 Å². The molecule has 0 radical (unpaired) electrons. The van der Waals surface area contributed by atoms with Gasteiger partial charge in [0, 0.05) is 18.6 Å². The first-order valence-electron chi connectivity index (χ1n) is 10.6. The minimum atomic E-state index is -0.688. The number of likely N-dealkylation sites (N-methyl/N-ethyl adjacent to an activating group) is 1. The van der Waals surface area contributed by atoms with Gasteiger partial charge in [-0.1, -0.05) is 49.0 Å². The van der Waals surface area contributed by atoms with Crippen LogP contribution in [0.4, 0.5) is 5.82 Å². The van der Waals surface area contributed by atoms with E-state index in [9.17, 15) is 15.3 Å². The van der Waals surface area contributed by atoms with E-state index in [1.807, 2.05) is 51.4 Å². The third-order valence-electron chi connectivity index (χ3n) is 5.97. The zero-order valence-electron chi connectivity index (χ0n) is 18.9. The maximum absolute atomic E-state index is 12.3. The molecule has 0 saturated carbocycles. The molecular weight excluding hydrogens is 420 g/mol. The van der Waals surface area contributed by atoms with Crippen LogP contribution in [0.15, 0.2) is 35.4 Å². The molecule has 1 saturated heterocycles. The van der Waals surface area contributed by atoms with Crippen molar-refractivity contribution in [2.24, 2.45) is 5.73 Å². The smallest absolute Gasteiger partial charge is 0.235 e. The van der Waals surface area contributed by atoms with Crippen LogP contribution in [0.2, 0.25) is 0 Å². The third kappa shape index (κ3) is 4.57. The van der Waals surface area contributed by atoms with E-state index in [1.165, 1.54) is 11.8 Å². The molecule has 2 heterocycles. The maximum Gasteiger partial charge on any atom is 0.235 e. The number of pyridine rings is 1. The van der Waals surface area contributed by atoms with Gasteiger partial charge in [0.15, 0.2) is 0 Å². The highest BCUT2D eigenvalue weighted by Crippen LogP contribution is 2.40. The summed E-state index contributed by atoms with van der Waals surface area (Å²) in [6.45, 7) is 4.79. The van der Waals surface area contributed by atoms with Gasteiger partial charge >= 0.3 is 0 Å². The van der Waals surface area contributed by atoms with E-state index >= 15 is 0 Å². The molecule has 2 N–H and O–H groups in total. The van der Waals surface area contributed by atoms with Crippen molar-refractivity contribution in [3.8, 4) is 12.1 Å². The summed E-state index contributed by atoms with van der Waals surface area (Å²) in [5, 5.41) is 19.7. The summed E-state index contributed by atoms with van der Waals surface area (Å²) in [6.07, 6.45) is 1.47. The summed E-state index contributed by atoms with van der Waals surface area (Å²) < 4.78 is 0. The monoisotopic (exact) mass is 448 g/mol. The fraction of sp³-hybridized carbons (Fsp3) is 0.417. The summed E-state index contributed by atoms with van der Waals surface area (Å²) in [5.41, 5.74) is 7.93. The van der Waals surface area contributed by atoms with Crippen molar-refractivity contribution in [1.29, 1.82) is 10.5 Å². The number of hydrogen-bond donors (Lipinski definition) is 1. The number of thioether (sulfide) groups is 1. The lowest BCUT2D eigenvalue weighted by molar-refractivity contribution is -0.117. The van der Waals surface area contributed by atoms with Gasteiger partial charge in [0.05, 0.1) is 11.1 Å². The van der Waals surface area contributed by atoms with E-state index in [-0.39, 0.29) is 6.04 Å². The number of carbonyl (C=O) groups is 1. The molecule has 7 nitrogen and oxygen atoms in total. The fourth-order valence-corrected chi connectivity index (χ4v) is 5.24. The molecule has 166 valence electrons. The number of nitriles is 2. The Morgan fingerprint density at radius 2 is 1.94 bits per heavy atom. The Balaban J connectivity index is 2.14. The zero-order valence-corrected chi connectivity index (χ0v) is 19.7. The van der Waals surface area contributed by atoms with Gasteiger partial charge in [-0.2, -0.15) is 10.5 Å². The number of anilines is 1. The van der Waals surface area contributed by atoms with Crippen molar-refractivity contribution in [3.05, 3.63) is 52.6 Å². The molecule has 0 bridgehead atoms. The van der Waals surface area contributed by atoms with E-state index < -0.39 is 11.2 Å². The van der Waals surface area contributed by atoms with Crippen LogP contribution in [0.25, 0.3) is 0 Å². The largest absolute Gasteiger partial charge is 0.368 e. The lowest BCUT2D eigenvalue weighted by atomic mass is 10.0. The third-order valence-corrected chi connectivity index (χ3v) is 7.23. The van der Waals surface area contributed by atoms with Crippen LogP contribution in [0.1, 0.15) is 47.8 Å². The second-order valence-corrected chi connectivity index (χ2v) is 9.31. The summed E-state index contributed by atoms with van der Waals surface area (Å²) in [6, 6.07) is 14.3. The molecule has 1 aliphatic rings.